The number of aromatic hydroxyl groups is 1. The molecule has 0 saturated carbocycles. The lowest BCUT2D eigenvalue weighted by molar-refractivity contribution is -0.117. The fourth-order valence-corrected chi connectivity index (χ4v) is 4.13. The number of fused-ring (bicyclic) bond motifs is 1. The first kappa shape index (κ1) is 17.7. The summed E-state index contributed by atoms with van der Waals surface area (Å²) in [6.07, 6.45) is 0.323. The number of carbonyl (C=O) groups is 1. The summed E-state index contributed by atoms with van der Waals surface area (Å²) < 4.78 is 46.0. The smallest absolute Gasteiger partial charge is 0.326 e. The summed E-state index contributed by atoms with van der Waals surface area (Å²) in [5, 5.41) is 16.3. The van der Waals surface area contributed by atoms with E-state index in [2.05, 4.69) is 10.6 Å². The Morgan fingerprint density at radius 1 is 1.52 bits per heavy atom. The van der Waals surface area contributed by atoms with Crippen molar-refractivity contribution in [1.29, 1.82) is 0 Å². The fourth-order valence-electron chi connectivity index (χ4n) is 2.97. The minimum absolute atomic E-state index is 0.106. The number of halogens is 1. The molecule has 0 aliphatic carbocycles. The van der Waals surface area contributed by atoms with Gasteiger partial charge in [-0.05, 0) is 6.42 Å². The van der Waals surface area contributed by atoms with E-state index in [1.165, 1.54) is 6.07 Å². The number of benzene rings is 1. The number of methoxy groups -OCH3 is 1. The van der Waals surface area contributed by atoms with Crippen molar-refractivity contribution in [2.24, 2.45) is 0 Å². The third-order valence-electron chi connectivity index (χ3n) is 4.08. The van der Waals surface area contributed by atoms with Gasteiger partial charge in [0.25, 0.3) is 5.91 Å². The van der Waals surface area contributed by atoms with Gasteiger partial charge < -0.3 is 20.5 Å². The summed E-state index contributed by atoms with van der Waals surface area (Å²) in [5.74, 6) is -2.17. The van der Waals surface area contributed by atoms with Gasteiger partial charge in [0.05, 0.1) is 6.61 Å². The molecular formula is C14H19FN4O5S. The van der Waals surface area contributed by atoms with Crippen LogP contribution in [0.3, 0.4) is 0 Å². The second-order valence-corrected chi connectivity index (χ2v) is 7.46. The van der Waals surface area contributed by atoms with Crippen LogP contribution in [0.5, 0.6) is 5.75 Å². The van der Waals surface area contributed by atoms with Crippen molar-refractivity contribution < 1.29 is 27.4 Å². The van der Waals surface area contributed by atoms with Crippen LogP contribution < -0.4 is 19.7 Å². The summed E-state index contributed by atoms with van der Waals surface area (Å²) in [4.78, 5) is 11.4. The third-order valence-corrected chi connectivity index (χ3v) is 5.45. The first-order valence-corrected chi connectivity index (χ1v) is 9.11. The molecule has 4 N–H and O–H groups in total. The number of carbonyl (C=O) groups excluding carboxylic acids is 1. The highest BCUT2D eigenvalue weighted by Crippen LogP contribution is 2.41. The fraction of sp³-hybridized carbons (Fsp3) is 0.500. The minimum atomic E-state index is -4.20. The van der Waals surface area contributed by atoms with E-state index in [0.717, 1.165) is 0 Å². The van der Waals surface area contributed by atoms with E-state index in [-0.39, 0.29) is 11.6 Å². The maximum absolute atomic E-state index is 14.9. The monoisotopic (exact) mass is 374 g/mol. The van der Waals surface area contributed by atoms with Gasteiger partial charge in [-0.1, -0.05) is 0 Å². The number of phenols is 1. The lowest BCUT2D eigenvalue weighted by Gasteiger charge is -2.18. The molecule has 0 bridgehead atoms. The number of hydrogen-bond acceptors (Lipinski definition) is 7. The van der Waals surface area contributed by atoms with E-state index in [9.17, 15) is 22.7 Å². The van der Waals surface area contributed by atoms with Crippen molar-refractivity contribution in [2.45, 2.75) is 12.5 Å². The topological polar surface area (TPSA) is 120 Å². The van der Waals surface area contributed by atoms with Crippen LogP contribution in [0.1, 0.15) is 5.56 Å². The van der Waals surface area contributed by atoms with E-state index < -0.39 is 39.9 Å². The molecule has 25 heavy (non-hydrogen) atoms. The van der Waals surface area contributed by atoms with Crippen molar-refractivity contribution in [3.05, 3.63) is 17.4 Å². The summed E-state index contributed by atoms with van der Waals surface area (Å²) in [6.45, 7) is 1.17. The molecule has 2 heterocycles. The lowest BCUT2D eigenvalue weighted by Crippen LogP contribution is -2.33. The molecule has 9 nitrogen and oxygen atoms in total. The standard InChI is InChI=1S/C14H19FN4O5S/c1-24-3-2-16-6-8-4-9-10(17-8)5-11(20)14(13(9)15)19-7-12(21)18-25(19,22)23/h5,8,16-17,20H,2-4,6-7H2,1H3,(H,18,21)/t8-/m1/s1. The molecule has 2 aliphatic rings. The van der Waals surface area contributed by atoms with Gasteiger partial charge in [-0.2, -0.15) is 8.42 Å². The Morgan fingerprint density at radius 3 is 2.92 bits per heavy atom. The minimum Gasteiger partial charge on any atom is -0.506 e. The molecular weight excluding hydrogens is 355 g/mol. The summed E-state index contributed by atoms with van der Waals surface area (Å²) in [6, 6.07) is 1.17. The van der Waals surface area contributed by atoms with Gasteiger partial charge in [0, 0.05) is 43.6 Å². The predicted molar refractivity (Wildman–Crippen MR) is 88.3 cm³/mol. The Kier molecular flexibility index (Phi) is 4.71. The van der Waals surface area contributed by atoms with Gasteiger partial charge in [0.1, 0.15) is 18.0 Å². The van der Waals surface area contributed by atoms with E-state index in [0.29, 0.717) is 36.1 Å². The highest BCUT2D eigenvalue weighted by atomic mass is 32.2. The first-order chi connectivity index (χ1) is 11.8. The molecule has 138 valence electrons. The average Bonchev–Trinajstić information content (AvgIpc) is 3.04. The number of hydrogen-bond donors (Lipinski definition) is 4. The molecule has 1 aromatic carbocycles. The Hall–Kier alpha value is -2.11. The van der Waals surface area contributed by atoms with Crippen LogP contribution >= 0.6 is 0 Å². The molecule has 0 radical (unpaired) electrons. The van der Waals surface area contributed by atoms with Gasteiger partial charge in [0.2, 0.25) is 0 Å². The van der Waals surface area contributed by atoms with Crippen molar-refractivity contribution in [2.75, 3.05) is 43.0 Å². The van der Waals surface area contributed by atoms with Crippen LogP contribution in [-0.2, 0) is 26.2 Å². The Balaban J connectivity index is 1.83. The average molecular weight is 374 g/mol. The van der Waals surface area contributed by atoms with E-state index in [1.807, 2.05) is 0 Å². The van der Waals surface area contributed by atoms with Crippen LogP contribution in [0, 0.1) is 5.82 Å². The molecule has 1 amide bonds. The molecule has 0 unspecified atom stereocenters. The molecule has 2 aliphatic heterocycles. The molecule has 3 rings (SSSR count). The number of nitrogens with zero attached hydrogens (tertiary/aromatic N) is 1. The molecule has 0 spiro atoms. The van der Waals surface area contributed by atoms with Crippen LogP contribution in [0.15, 0.2) is 6.07 Å². The van der Waals surface area contributed by atoms with Gasteiger partial charge in [-0.15, -0.1) is 0 Å². The van der Waals surface area contributed by atoms with Crippen molar-refractivity contribution in [1.82, 2.24) is 10.0 Å². The Bertz CT molecular complexity index is 801. The van der Waals surface area contributed by atoms with Gasteiger partial charge in [-0.25, -0.2) is 13.4 Å². The number of anilines is 2. The van der Waals surface area contributed by atoms with Crippen LogP contribution in [0.2, 0.25) is 0 Å². The quantitative estimate of drug-likeness (QED) is 0.485. The molecule has 11 heteroatoms. The number of rotatable bonds is 6. The Morgan fingerprint density at radius 2 is 2.28 bits per heavy atom. The van der Waals surface area contributed by atoms with Crippen molar-refractivity contribution >= 4 is 27.5 Å². The zero-order valence-electron chi connectivity index (χ0n) is 13.5. The normalized spacial score (nSPS) is 21.1. The summed E-state index contributed by atoms with van der Waals surface area (Å²) >= 11 is 0. The van der Waals surface area contributed by atoms with E-state index >= 15 is 0 Å². The van der Waals surface area contributed by atoms with E-state index in [4.69, 9.17) is 4.74 Å². The molecule has 0 aromatic heterocycles. The third kappa shape index (κ3) is 3.34. The molecule has 1 saturated heterocycles. The van der Waals surface area contributed by atoms with E-state index in [1.54, 1.807) is 11.8 Å². The predicted octanol–water partition coefficient (Wildman–Crippen LogP) is -0.715. The lowest BCUT2D eigenvalue weighted by atomic mass is 10.1. The van der Waals surface area contributed by atoms with Crippen LogP contribution in [0.4, 0.5) is 15.8 Å². The summed E-state index contributed by atoms with van der Waals surface area (Å²) in [7, 11) is -2.60. The molecule has 1 atom stereocenters. The number of amides is 1. The van der Waals surface area contributed by atoms with Gasteiger partial charge in [-0.3, -0.25) is 4.79 Å². The van der Waals surface area contributed by atoms with Gasteiger partial charge in [0.15, 0.2) is 5.82 Å². The number of ether oxygens (including phenoxy) is 1. The zero-order valence-corrected chi connectivity index (χ0v) is 14.3. The van der Waals surface area contributed by atoms with Crippen LogP contribution in [-0.4, -0.2) is 58.8 Å². The number of phenolic OH excluding ortho intramolecular Hbond substituents is 1. The second kappa shape index (κ2) is 6.65. The highest BCUT2D eigenvalue weighted by Gasteiger charge is 2.39. The van der Waals surface area contributed by atoms with Crippen molar-refractivity contribution in [3.8, 4) is 5.75 Å². The zero-order chi connectivity index (χ0) is 18.2. The number of nitrogens with one attached hydrogen (secondary N) is 3. The first-order valence-electron chi connectivity index (χ1n) is 7.67. The maximum atomic E-state index is 14.9. The van der Waals surface area contributed by atoms with Crippen molar-refractivity contribution in [3.63, 3.8) is 0 Å². The summed E-state index contributed by atoms with van der Waals surface area (Å²) in [5.41, 5.74) is 0.181. The van der Waals surface area contributed by atoms with Crippen LogP contribution in [0.25, 0.3) is 0 Å². The maximum Gasteiger partial charge on any atom is 0.326 e. The second-order valence-electron chi connectivity index (χ2n) is 5.86. The SMILES string of the molecule is COCCNC[C@H]1Cc2c(cc(O)c(N3CC(=O)NS3(=O)=O)c2F)N1. The molecule has 1 fully saturated rings. The van der Waals surface area contributed by atoms with Gasteiger partial charge >= 0.3 is 10.2 Å². The highest BCUT2D eigenvalue weighted by molar-refractivity contribution is 7.92. The largest absolute Gasteiger partial charge is 0.506 e. The molecule has 1 aromatic rings. The Labute approximate surface area is 144 Å².